The molecule has 0 aliphatic carbocycles. The van der Waals surface area contributed by atoms with E-state index >= 15 is 0 Å². The Morgan fingerprint density at radius 3 is 2.33 bits per heavy atom. The molecule has 2 unspecified atom stereocenters. The van der Waals surface area contributed by atoms with Crippen molar-refractivity contribution in [1.82, 2.24) is 10.2 Å². The number of nitrogens with zero attached hydrogens (tertiary/aromatic N) is 2. The van der Waals surface area contributed by atoms with Gasteiger partial charge < -0.3 is 19.7 Å². The highest BCUT2D eigenvalue weighted by molar-refractivity contribution is 7.92. The molecular weight excluding hydrogens is 489 g/mol. The normalized spacial score (nSPS) is 14.1. The predicted molar refractivity (Wildman–Crippen MR) is 134 cm³/mol. The van der Waals surface area contributed by atoms with Crippen molar-refractivity contribution >= 4 is 27.5 Å². The Morgan fingerprint density at radius 1 is 1.06 bits per heavy atom. The van der Waals surface area contributed by atoms with Gasteiger partial charge in [0.2, 0.25) is 28.6 Å². The molecular formula is C25H32FN3O6S. The SMILES string of the molecule is CCC(C)NC(=O)C(CC)N(Cc1ccc(F)cc1)C(=O)CN(c1ccc2c(c1)OCO2)S(C)(=O)=O. The first-order chi connectivity index (χ1) is 17.0. The molecule has 3 rings (SSSR count). The van der Waals surface area contributed by atoms with Crippen molar-refractivity contribution < 1.29 is 31.9 Å². The Balaban J connectivity index is 1.94. The summed E-state index contributed by atoms with van der Waals surface area (Å²) in [6.07, 6.45) is 2.01. The van der Waals surface area contributed by atoms with Crippen LogP contribution in [0, 0.1) is 5.82 Å². The van der Waals surface area contributed by atoms with Gasteiger partial charge in [-0.15, -0.1) is 0 Å². The number of fused-ring (bicyclic) bond motifs is 1. The molecule has 0 saturated carbocycles. The Bertz CT molecular complexity index is 1190. The van der Waals surface area contributed by atoms with Gasteiger partial charge >= 0.3 is 0 Å². The van der Waals surface area contributed by atoms with E-state index in [2.05, 4.69) is 5.32 Å². The first kappa shape index (κ1) is 27.3. The zero-order valence-corrected chi connectivity index (χ0v) is 21.7. The van der Waals surface area contributed by atoms with Crippen molar-refractivity contribution in [2.24, 2.45) is 0 Å². The lowest BCUT2D eigenvalue weighted by Crippen LogP contribution is -2.53. The van der Waals surface area contributed by atoms with Gasteiger partial charge in [-0.25, -0.2) is 12.8 Å². The van der Waals surface area contributed by atoms with Crippen molar-refractivity contribution in [2.45, 2.75) is 52.2 Å². The van der Waals surface area contributed by atoms with Gasteiger partial charge in [-0.1, -0.05) is 26.0 Å². The lowest BCUT2D eigenvalue weighted by atomic mass is 10.1. The minimum absolute atomic E-state index is 0.00425. The number of anilines is 1. The van der Waals surface area contributed by atoms with Crippen LogP contribution in [0.15, 0.2) is 42.5 Å². The average molecular weight is 522 g/mol. The summed E-state index contributed by atoms with van der Waals surface area (Å²) in [5.74, 6) is -0.491. The van der Waals surface area contributed by atoms with Crippen LogP contribution >= 0.6 is 0 Å². The number of hydrogen-bond donors (Lipinski definition) is 1. The van der Waals surface area contributed by atoms with E-state index in [4.69, 9.17) is 9.47 Å². The van der Waals surface area contributed by atoms with Crippen LogP contribution < -0.4 is 19.1 Å². The second-order valence-electron chi connectivity index (χ2n) is 8.70. The van der Waals surface area contributed by atoms with Crippen LogP contribution in [0.5, 0.6) is 11.5 Å². The van der Waals surface area contributed by atoms with Crippen LogP contribution in [0.4, 0.5) is 10.1 Å². The number of ether oxygens (including phenoxy) is 2. The lowest BCUT2D eigenvalue weighted by molar-refractivity contribution is -0.140. The first-order valence-electron chi connectivity index (χ1n) is 11.7. The maximum Gasteiger partial charge on any atom is 0.244 e. The number of hydrogen-bond acceptors (Lipinski definition) is 6. The highest BCUT2D eigenvalue weighted by atomic mass is 32.2. The van der Waals surface area contributed by atoms with Gasteiger partial charge in [0, 0.05) is 18.7 Å². The summed E-state index contributed by atoms with van der Waals surface area (Å²) in [6, 6.07) is 9.24. The predicted octanol–water partition coefficient (Wildman–Crippen LogP) is 3.04. The van der Waals surface area contributed by atoms with E-state index in [0.717, 1.165) is 10.6 Å². The molecule has 0 radical (unpaired) electrons. The molecule has 0 aromatic heterocycles. The van der Waals surface area contributed by atoms with E-state index in [-0.39, 0.29) is 31.0 Å². The fraction of sp³-hybridized carbons (Fsp3) is 0.440. The molecule has 2 amide bonds. The fourth-order valence-electron chi connectivity index (χ4n) is 3.80. The summed E-state index contributed by atoms with van der Waals surface area (Å²) in [6.45, 7) is 5.06. The largest absolute Gasteiger partial charge is 0.454 e. The van der Waals surface area contributed by atoms with Gasteiger partial charge in [-0.3, -0.25) is 13.9 Å². The van der Waals surface area contributed by atoms with Gasteiger partial charge in [-0.05, 0) is 49.6 Å². The van der Waals surface area contributed by atoms with Crippen LogP contribution in [0.2, 0.25) is 0 Å². The molecule has 9 nitrogen and oxygen atoms in total. The molecule has 2 aromatic carbocycles. The molecule has 1 N–H and O–H groups in total. The minimum atomic E-state index is -3.88. The highest BCUT2D eigenvalue weighted by Gasteiger charge is 2.32. The number of carbonyl (C=O) groups is 2. The number of amides is 2. The Kier molecular flexibility index (Phi) is 8.78. The fourth-order valence-corrected chi connectivity index (χ4v) is 4.64. The molecule has 0 fully saturated rings. The summed E-state index contributed by atoms with van der Waals surface area (Å²) in [4.78, 5) is 28.1. The highest BCUT2D eigenvalue weighted by Crippen LogP contribution is 2.36. The Labute approximate surface area is 211 Å². The van der Waals surface area contributed by atoms with Crippen molar-refractivity contribution in [1.29, 1.82) is 0 Å². The number of rotatable bonds is 11. The molecule has 1 aliphatic heterocycles. The molecule has 2 aromatic rings. The first-order valence-corrected chi connectivity index (χ1v) is 13.6. The standard InChI is InChI=1S/C25H32FN3O6S/c1-5-17(3)27-25(31)21(6-2)28(14-18-7-9-19(26)10-8-18)24(30)15-29(36(4,32)33)20-11-12-22-23(13-20)35-16-34-22/h7-13,17,21H,5-6,14-16H2,1-4H3,(H,27,31). The van der Waals surface area contributed by atoms with Crippen LogP contribution in [0.1, 0.15) is 39.2 Å². The van der Waals surface area contributed by atoms with Crippen LogP contribution in [0.25, 0.3) is 0 Å². The Morgan fingerprint density at radius 2 is 1.72 bits per heavy atom. The monoisotopic (exact) mass is 521 g/mol. The zero-order valence-electron chi connectivity index (χ0n) is 20.9. The lowest BCUT2D eigenvalue weighted by Gasteiger charge is -2.33. The smallest absolute Gasteiger partial charge is 0.244 e. The van der Waals surface area contributed by atoms with Crippen LogP contribution in [-0.4, -0.2) is 56.8 Å². The van der Waals surface area contributed by atoms with E-state index in [1.807, 2.05) is 13.8 Å². The summed E-state index contributed by atoms with van der Waals surface area (Å²) in [5.41, 5.74) is 0.836. The van der Waals surface area contributed by atoms with Crippen LogP contribution in [0.3, 0.4) is 0 Å². The topological polar surface area (TPSA) is 105 Å². The quantitative estimate of drug-likeness (QED) is 0.487. The molecule has 0 spiro atoms. The van der Waals surface area contributed by atoms with Crippen molar-refractivity contribution in [2.75, 3.05) is 23.9 Å². The summed E-state index contributed by atoms with van der Waals surface area (Å²) < 4.78 is 50.5. The molecule has 1 heterocycles. The minimum Gasteiger partial charge on any atom is -0.454 e. The Hall–Kier alpha value is -3.34. The van der Waals surface area contributed by atoms with Crippen molar-refractivity contribution in [3.05, 3.63) is 53.8 Å². The van der Waals surface area contributed by atoms with Gasteiger partial charge in [-0.2, -0.15) is 0 Å². The van der Waals surface area contributed by atoms with Crippen LogP contribution in [-0.2, 0) is 26.2 Å². The molecule has 0 bridgehead atoms. The summed E-state index contributed by atoms with van der Waals surface area (Å²) in [5, 5.41) is 2.90. The summed E-state index contributed by atoms with van der Waals surface area (Å²) >= 11 is 0. The van der Waals surface area contributed by atoms with Gasteiger partial charge in [0.15, 0.2) is 11.5 Å². The number of halogens is 1. The average Bonchev–Trinajstić information content (AvgIpc) is 3.30. The summed E-state index contributed by atoms with van der Waals surface area (Å²) in [7, 11) is -3.88. The molecule has 196 valence electrons. The maximum atomic E-state index is 13.6. The number of carbonyl (C=O) groups excluding carboxylic acids is 2. The van der Waals surface area contributed by atoms with E-state index < -0.39 is 34.3 Å². The third kappa shape index (κ3) is 6.66. The number of nitrogens with one attached hydrogen (secondary N) is 1. The zero-order chi connectivity index (χ0) is 26.5. The van der Waals surface area contributed by atoms with E-state index in [1.54, 1.807) is 13.0 Å². The number of sulfonamides is 1. The van der Waals surface area contributed by atoms with E-state index in [0.29, 0.717) is 29.9 Å². The number of benzene rings is 2. The van der Waals surface area contributed by atoms with Gasteiger partial charge in [0.25, 0.3) is 0 Å². The maximum absolute atomic E-state index is 13.6. The second-order valence-corrected chi connectivity index (χ2v) is 10.6. The molecule has 11 heteroatoms. The van der Waals surface area contributed by atoms with E-state index in [1.165, 1.54) is 41.3 Å². The van der Waals surface area contributed by atoms with Crippen molar-refractivity contribution in [3.63, 3.8) is 0 Å². The third-order valence-corrected chi connectivity index (χ3v) is 7.12. The molecule has 0 saturated heterocycles. The van der Waals surface area contributed by atoms with Gasteiger partial charge in [0.1, 0.15) is 18.4 Å². The third-order valence-electron chi connectivity index (χ3n) is 5.98. The van der Waals surface area contributed by atoms with E-state index in [9.17, 15) is 22.4 Å². The van der Waals surface area contributed by atoms with Gasteiger partial charge in [0.05, 0.1) is 11.9 Å². The molecule has 2 atom stereocenters. The van der Waals surface area contributed by atoms with Crippen molar-refractivity contribution in [3.8, 4) is 11.5 Å². The molecule has 36 heavy (non-hydrogen) atoms. The second kappa shape index (κ2) is 11.6. The molecule has 1 aliphatic rings.